The van der Waals surface area contributed by atoms with Crippen molar-refractivity contribution in [3.8, 4) is 0 Å². The molecule has 0 radical (unpaired) electrons. The second-order valence-corrected chi connectivity index (χ2v) is 3.54. The van der Waals surface area contributed by atoms with Gasteiger partial charge in [0, 0.05) is 5.38 Å². The molecule has 72 valence electrons. The number of nitrogens with zero attached hydrogens (tertiary/aromatic N) is 1. The fourth-order valence-electron chi connectivity index (χ4n) is 0.848. The van der Waals surface area contributed by atoms with E-state index in [2.05, 4.69) is 9.72 Å². The average Bonchev–Trinajstić information content (AvgIpc) is 2.48. The highest BCUT2D eigenvalue weighted by atomic mass is 32.1. The molecule has 0 aliphatic heterocycles. The van der Waals surface area contributed by atoms with E-state index in [0.717, 1.165) is 10.7 Å². The van der Waals surface area contributed by atoms with Crippen LogP contribution in [0.5, 0.6) is 0 Å². The Kier molecular flexibility index (Phi) is 3.85. The fraction of sp³-hybridized carbons (Fsp3) is 0.500. The maximum atomic E-state index is 11.0. The minimum atomic E-state index is -0.348. The van der Waals surface area contributed by atoms with Gasteiger partial charge in [0.25, 0.3) is 0 Å². The van der Waals surface area contributed by atoms with Crippen molar-refractivity contribution >= 4 is 17.3 Å². The van der Waals surface area contributed by atoms with E-state index in [1.54, 1.807) is 0 Å². The van der Waals surface area contributed by atoms with Gasteiger partial charge in [-0.2, -0.15) is 0 Å². The lowest BCUT2D eigenvalue weighted by Crippen LogP contribution is -2.11. The van der Waals surface area contributed by atoms with E-state index in [-0.39, 0.29) is 25.6 Å². The molecule has 0 amide bonds. The van der Waals surface area contributed by atoms with Gasteiger partial charge in [0.2, 0.25) is 0 Å². The number of esters is 1. The molecule has 1 heterocycles. The zero-order valence-corrected chi connectivity index (χ0v) is 8.13. The molecule has 0 aromatic carbocycles. The minimum Gasteiger partial charge on any atom is -0.463 e. The highest BCUT2D eigenvalue weighted by Crippen LogP contribution is 2.08. The Morgan fingerprint density at radius 1 is 1.77 bits per heavy atom. The molecular weight excluding hydrogens is 190 g/mol. The lowest BCUT2D eigenvalue weighted by atomic mass is 10.3. The number of carbonyl (C=O) groups is 1. The van der Waals surface area contributed by atoms with E-state index in [9.17, 15) is 4.79 Å². The third-order valence-electron chi connectivity index (χ3n) is 1.35. The zero-order chi connectivity index (χ0) is 9.68. The summed E-state index contributed by atoms with van der Waals surface area (Å²) in [5.74, 6) is -0.348. The highest BCUT2D eigenvalue weighted by Gasteiger charge is 2.06. The van der Waals surface area contributed by atoms with Gasteiger partial charge in [-0.15, -0.1) is 11.3 Å². The number of rotatable bonds is 4. The van der Waals surface area contributed by atoms with Crippen molar-refractivity contribution in [1.29, 1.82) is 0 Å². The molecule has 0 fully saturated rings. The van der Waals surface area contributed by atoms with Crippen LogP contribution in [0.1, 0.15) is 10.7 Å². The average molecular weight is 201 g/mol. The van der Waals surface area contributed by atoms with Crippen LogP contribution in [0.15, 0.2) is 5.38 Å². The molecule has 0 bridgehead atoms. The van der Waals surface area contributed by atoms with Gasteiger partial charge in [0.15, 0.2) is 0 Å². The molecule has 0 spiro atoms. The normalized spacial score (nSPS) is 10.0. The Hall–Kier alpha value is -0.940. The molecule has 13 heavy (non-hydrogen) atoms. The van der Waals surface area contributed by atoms with Gasteiger partial charge in [0.05, 0.1) is 23.7 Å². The molecule has 1 aromatic rings. The Labute approximate surface area is 80.2 Å². The van der Waals surface area contributed by atoms with Gasteiger partial charge >= 0.3 is 5.97 Å². The Morgan fingerprint density at radius 3 is 3.08 bits per heavy atom. The van der Waals surface area contributed by atoms with Crippen molar-refractivity contribution < 1.29 is 14.6 Å². The third-order valence-corrected chi connectivity index (χ3v) is 2.17. The van der Waals surface area contributed by atoms with E-state index in [0.29, 0.717) is 0 Å². The van der Waals surface area contributed by atoms with Crippen LogP contribution >= 0.6 is 11.3 Å². The van der Waals surface area contributed by atoms with Gasteiger partial charge in [0.1, 0.15) is 6.61 Å². The van der Waals surface area contributed by atoms with Crippen LogP contribution in [0, 0.1) is 6.92 Å². The van der Waals surface area contributed by atoms with Crippen molar-refractivity contribution in [2.24, 2.45) is 0 Å². The number of aromatic nitrogens is 1. The van der Waals surface area contributed by atoms with Gasteiger partial charge in [-0.1, -0.05) is 0 Å². The molecule has 0 aliphatic carbocycles. The van der Waals surface area contributed by atoms with E-state index >= 15 is 0 Å². The molecule has 0 atom stereocenters. The summed E-state index contributed by atoms with van der Waals surface area (Å²) in [5, 5.41) is 11.2. The summed E-state index contributed by atoms with van der Waals surface area (Å²) in [6, 6.07) is 0. The number of thiazole rings is 1. The number of hydrogen-bond acceptors (Lipinski definition) is 5. The Morgan fingerprint density at radius 2 is 2.54 bits per heavy atom. The number of aryl methyl sites for hydroxylation is 1. The zero-order valence-electron chi connectivity index (χ0n) is 7.32. The van der Waals surface area contributed by atoms with E-state index in [1.807, 2.05) is 12.3 Å². The minimum absolute atomic E-state index is 0.0575. The second-order valence-electron chi connectivity index (χ2n) is 2.48. The fourth-order valence-corrected chi connectivity index (χ4v) is 1.46. The number of ether oxygens (including phenoxy) is 1. The number of carbonyl (C=O) groups excluding carboxylic acids is 1. The topological polar surface area (TPSA) is 59.4 Å². The lowest BCUT2D eigenvalue weighted by molar-refractivity contribution is -0.143. The van der Waals surface area contributed by atoms with E-state index in [1.165, 1.54) is 11.3 Å². The van der Waals surface area contributed by atoms with Crippen LogP contribution in [0.3, 0.4) is 0 Å². The molecule has 0 aliphatic rings. The van der Waals surface area contributed by atoms with Crippen LogP contribution in [0.25, 0.3) is 0 Å². The van der Waals surface area contributed by atoms with Crippen LogP contribution < -0.4 is 0 Å². The van der Waals surface area contributed by atoms with Crippen molar-refractivity contribution in [3.63, 3.8) is 0 Å². The summed E-state index contributed by atoms with van der Waals surface area (Å²) in [7, 11) is 0. The highest BCUT2D eigenvalue weighted by molar-refractivity contribution is 7.09. The standard InChI is InChI=1S/C8H11NO3S/c1-6-9-7(5-13-6)4-8(11)12-3-2-10/h5,10H,2-4H2,1H3. The smallest absolute Gasteiger partial charge is 0.311 e. The maximum Gasteiger partial charge on any atom is 0.311 e. The molecular formula is C8H11NO3S. The van der Waals surface area contributed by atoms with Crippen LogP contribution in [-0.2, 0) is 16.0 Å². The molecule has 1 rings (SSSR count). The SMILES string of the molecule is Cc1nc(CC(=O)OCCO)cs1. The monoisotopic (exact) mass is 201 g/mol. The van der Waals surface area contributed by atoms with Gasteiger partial charge in [-0.25, -0.2) is 4.98 Å². The number of aliphatic hydroxyl groups excluding tert-OH is 1. The van der Waals surface area contributed by atoms with Crippen LogP contribution in [0.2, 0.25) is 0 Å². The summed E-state index contributed by atoms with van der Waals surface area (Å²) >= 11 is 1.50. The third kappa shape index (κ3) is 3.52. The van der Waals surface area contributed by atoms with Gasteiger partial charge < -0.3 is 9.84 Å². The summed E-state index contributed by atoms with van der Waals surface area (Å²) in [6.07, 6.45) is 0.185. The molecule has 0 saturated carbocycles. The van der Waals surface area contributed by atoms with Crippen molar-refractivity contribution in [2.75, 3.05) is 13.2 Å². The van der Waals surface area contributed by atoms with E-state index in [4.69, 9.17) is 5.11 Å². The summed E-state index contributed by atoms with van der Waals surface area (Å²) in [5.41, 5.74) is 0.727. The van der Waals surface area contributed by atoms with Crippen molar-refractivity contribution in [1.82, 2.24) is 4.98 Å². The predicted octanol–water partition coefficient (Wildman–Crippen LogP) is 0.530. The molecule has 1 aromatic heterocycles. The molecule has 0 saturated heterocycles. The Bertz CT molecular complexity index is 285. The quantitative estimate of drug-likeness (QED) is 0.722. The van der Waals surface area contributed by atoms with Crippen LogP contribution in [0.4, 0.5) is 0 Å². The largest absolute Gasteiger partial charge is 0.463 e. The molecule has 4 nitrogen and oxygen atoms in total. The van der Waals surface area contributed by atoms with Gasteiger partial charge in [-0.3, -0.25) is 4.79 Å². The first-order valence-corrected chi connectivity index (χ1v) is 4.78. The second kappa shape index (κ2) is 4.94. The molecule has 1 N–H and O–H groups in total. The van der Waals surface area contributed by atoms with Gasteiger partial charge in [-0.05, 0) is 6.92 Å². The first-order chi connectivity index (χ1) is 6.22. The van der Waals surface area contributed by atoms with Crippen LogP contribution in [-0.4, -0.2) is 29.3 Å². The number of hydrogen-bond donors (Lipinski definition) is 1. The predicted molar refractivity (Wildman–Crippen MR) is 48.6 cm³/mol. The molecule has 0 unspecified atom stereocenters. The summed E-state index contributed by atoms with van der Waals surface area (Å²) < 4.78 is 4.68. The number of aliphatic hydroxyl groups is 1. The first-order valence-electron chi connectivity index (χ1n) is 3.90. The lowest BCUT2D eigenvalue weighted by Gasteiger charge is -1.99. The summed E-state index contributed by atoms with van der Waals surface area (Å²) in [4.78, 5) is 15.1. The van der Waals surface area contributed by atoms with Crippen molar-refractivity contribution in [2.45, 2.75) is 13.3 Å². The summed E-state index contributed by atoms with van der Waals surface area (Å²) in [6.45, 7) is 1.80. The van der Waals surface area contributed by atoms with Crippen molar-refractivity contribution in [3.05, 3.63) is 16.1 Å². The first kappa shape index (κ1) is 10.1. The van der Waals surface area contributed by atoms with E-state index < -0.39 is 0 Å². The molecule has 5 heteroatoms. The Balaban J connectivity index is 2.36. The maximum absolute atomic E-state index is 11.0.